The molecule has 1 aromatic rings. The molecule has 2 saturated heterocycles. The van der Waals surface area contributed by atoms with E-state index in [1.54, 1.807) is 19.0 Å². The van der Waals surface area contributed by atoms with Crippen molar-refractivity contribution in [1.29, 1.82) is 0 Å². The molecule has 16 nitrogen and oxygen atoms in total. The van der Waals surface area contributed by atoms with E-state index in [2.05, 4.69) is 9.29 Å². The predicted molar refractivity (Wildman–Crippen MR) is 121 cm³/mol. The van der Waals surface area contributed by atoms with E-state index in [0.29, 0.717) is 0 Å². The summed E-state index contributed by atoms with van der Waals surface area (Å²) in [7, 11) is -7.01. The number of aromatic nitrogens is 2. The number of likely N-dealkylation sites (N-methyl/N-ethyl adjacent to an activating group) is 1. The van der Waals surface area contributed by atoms with E-state index in [1.807, 2.05) is 0 Å². The number of H-pyrrole nitrogens is 1. The number of aryl methyl sites for hydroxylation is 1. The largest absolute Gasteiger partial charge is 0.483 e. The maximum absolute atomic E-state index is 12.4. The number of aromatic amines is 1. The highest BCUT2D eigenvalue weighted by atomic mass is 31.3. The Morgan fingerprint density at radius 2 is 1.83 bits per heavy atom. The number of phosphoric ester groups is 2. The highest BCUT2D eigenvalue weighted by Crippen LogP contribution is 2.61. The number of rotatable bonds is 9. The molecule has 2 fully saturated rings. The van der Waals surface area contributed by atoms with Crippen LogP contribution in [0.1, 0.15) is 31.6 Å². The van der Waals surface area contributed by atoms with E-state index in [4.69, 9.17) is 18.5 Å². The van der Waals surface area contributed by atoms with E-state index >= 15 is 0 Å². The zero-order chi connectivity index (χ0) is 27.0. The van der Waals surface area contributed by atoms with E-state index in [0.717, 1.165) is 4.57 Å². The Morgan fingerprint density at radius 1 is 1.17 bits per heavy atom. The normalized spacial score (nSPS) is 34.4. The third-order valence-corrected chi connectivity index (χ3v) is 8.49. The molecule has 0 aliphatic carbocycles. The summed E-state index contributed by atoms with van der Waals surface area (Å²) in [4.78, 5) is 47.3. The van der Waals surface area contributed by atoms with Crippen LogP contribution in [0.15, 0.2) is 15.8 Å². The van der Waals surface area contributed by atoms with Crippen molar-refractivity contribution in [2.75, 3.05) is 20.7 Å². The van der Waals surface area contributed by atoms with Crippen LogP contribution in [0.2, 0.25) is 0 Å². The molecule has 0 radical (unpaired) electrons. The molecule has 0 saturated carbocycles. The number of aliphatic hydroxyl groups is 2. The lowest BCUT2D eigenvalue weighted by atomic mass is 9.99. The van der Waals surface area contributed by atoms with Crippen LogP contribution < -0.4 is 11.2 Å². The fourth-order valence-electron chi connectivity index (χ4n) is 3.93. The monoisotopic (exact) mass is 559 g/mol. The summed E-state index contributed by atoms with van der Waals surface area (Å²) in [5.41, 5.74) is -1.13. The minimum atomic E-state index is -5.20. The Balaban J connectivity index is 1.57. The summed E-state index contributed by atoms with van der Waals surface area (Å²) < 4.78 is 50.5. The lowest BCUT2D eigenvalue weighted by Gasteiger charge is -2.40. The Bertz CT molecular complexity index is 1140. The second-order valence-electron chi connectivity index (χ2n) is 8.86. The molecule has 0 aromatic carbocycles. The molecule has 3 heterocycles. The fourth-order valence-corrected chi connectivity index (χ4v) is 6.09. The molecule has 3 rings (SSSR count). The van der Waals surface area contributed by atoms with E-state index < -0.39 is 76.5 Å². The van der Waals surface area contributed by atoms with Gasteiger partial charge in [-0.25, -0.2) is 13.9 Å². The minimum Gasteiger partial charge on any atom is -0.390 e. The Labute approximate surface area is 205 Å². The Morgan fingerprint density at radius 3 is 2.47 bits per heavy atom. The average molecular weight is 559 g/mol. The van der Waals surface area contributed by atoms with Crippen LogP contribution in [-0.2, 0) is 32.0 Å². The standard InChI is InChI=1S/C18H31N3O13P2/c1-9-7-21(18(25)19-17(9)24)14-6-12(22)13(32-14)8-30-35(26,27)34-36(28,29)33-15-5-11(20(3)4)16(23)10(2)31-15/h7,10-16,22-23H,5-6,8H2,1-4H3,(H,26,27)(H,28,29)(H,19,24,25)/t10-,11+,12-,13+,14+,15?,16-/m0/s1. The van der Waals surface area contributed by atoms with Crippen LogP contribution in [0.4, 0.5) is 0 Å². The van der Waals surface area contributed by atoms with E-state index in [9.17, 15) is 38.7 Å². The number of nitrogens with one attached hydrogen (secondary N) is 1. The smallest absolute Gasteiger partial charge is 0.390 e. The second kappa shape index (κ2) is 11.2. The molecule has 0 bridgehead atoms. The van der Waals surface area contributed by atoms with Crippen LogP contribution in [-0.4, -0.2) is 91.9 Å². The van der Waals surface area contributed by atoms with Crippen LogP contribution in [0, 0.1) is 6.92 Å². The van der Waals surface area contributed by atoms with Crippen molar-refractivity contribution in [2.45, 2.75) is 69.7 Å². The van der Waals surface area contributed by atoms with Crippen LogP contribution >= 0.6 is 15.6 Å². The summed E-state index contributed by atoms with van der Waals surface area (Å²) in [5.74, 6) is 0. The van der Waals surface area contributed by atoms with Crippen molar-refractivity contribution >= 4 is 15.6 Å². The van der Waals surface area contributed by atoms with Gasteiger partial charge in [-0.15, -0.1) is 0 Å². The number of ether oxygens (including phenoxy) is 2. The van der Waals surface area contributed by atoms with Gasteiger partial charge in [-0.3, -0.25) is 23.4 Å². The first kappa shape index (κ1) is 29.3. The van der Waals surface area contributed by atoms with Crippen molar-refractivity contribution in [3.63, 3.8) is 0 Å². The highest BCUT2D eigenvalue weighted by molar-refractivity contribution is 7.61. The van der Waals surface area contributed by atoms with Gasteiger partial charge in [0, 0.05) is 30.6 Å². The molecular formula is C18H31N3O13P2. The van der Waals surface area contributed by atoms with Gasteiger partial charge in [0.25, 0.3) is 5.56 Å². The predicted octanol–water partition coefficient (Wildman–Crippen LogP) is -0.830. The number of hydrogen-bond donors (Lipinski definition) is 5. The molecule has 2 aliphatic rings. The van der Waals surface area contributed by atoms with Crippen molar-refractivity contribution in [3.05, 3.63) is 32.6 Å². The van der Waals surface area contributed by atoms with Crippen LogP contribution in [0.3, 0.4) is 0 Å². The highest BCUT2D eigenvalue weighted by Gasteiger charge is 2.44. The maximum Gasteiger partial charge on any atom is 0.483 e. The molecule has 36 heavy (non-hydrogen) atoms. The third kappa shape index (κ3) is 7.19. The molecular weight excluding hydrogens is 528 g/mol. The first-order valence-corrected chi connectivity index (χ1v) is 13.9. The van der Waals surface area contributed by atoms with Crippen molar-refractivity contribution in [1.82, 2.24) is 14.5 Å². The van der Waals surface area contributed by atoms with E-state index in [1.165, 1.54) is 20.0 Å². The van der Waals surface area contributed by atoms with Gasteiger partial charge >= 0.3 is 21.3 Å². The molecule has 0 amide bonds. The molecule has 5 N–H and O–H groups in total. The molecule has 206 valence electrons. The molecule has 2 aliphatic heterocycles. The summed E-state index contributed by atoms with van der Waals surface area (Å²) in [6.07, 6.45) is -5.33. The zero-order valence-electron chi connectivity index (χ0n) is 20.0. The summed E-state index contributed by atoms with van der Waals surface area (Å²) in [6.45, 7) is 2.26. The number of aliphatic hydroxyl groups excluding tert-OH is 2. The van der Waals surface area contributed by atoms with Gasteiger partial charge in [0.1, 0.15) is 12.3 Å². The lowest BCUT2D eigenvalue weighted by molar-refractivity contribution is -0.206. The van der Waals surface area contributed by atoms with Crippen molar-refractivity contribution in [3.8, 4) is 0 Å². The lowest BCUT2D eigenvalue weighted by Crippen LogP contribution is -2.53. The molecule has 9 atom stereocenters. The molecule has 1 aromatic heterocycles. The molecule has 3 unspecified atom stereocenters. The van der Waals surface area contributed by atoms with E-state index in [-0.39, 0.29) is 18.4 Å². The Hall–Kier alpha value is -1.26. The van der Waals surface area contributed by atoms with Gasteiger partial charge in [-0.05, 0) is 27.9 Å². The van der Waals surface area contributed by atoms with Crippen molar-refractivity contribution in [2.24, 2.45) is 0 Å². The first-order chi connectivity index (χ1) is 16.6. The van der Waals surface area contributed by atoms with Crippen LogP contribution in [0.5, 0.6) is 0 Å². The third-order valence-electron chi connectivity index (χ3n) is 5.86. The molecule has 18 heteroatoms. The summed E-state index contributed by atoms with van der Waals surface area (Å²) >= 11 is 0. The number of nitrogens with zero attached hydrogens (tertiary/aromatic N) is 2. The fraction of sp³-hybridized carbons (Fsp3) is 0.778. The summed E-state index contributed by atoms with van der Waals surface area (Å²) in [6, 6.07) is -0.483. The molecule has 0 spiro atoms. The van der Waals surface area contributed by atoms with Gasteiger partial charge in [-0.2, -0.15) is 4.31 Å². The van der Waals surface area contributed by atoms with Gasteiger partial charge in [0.2, 0.25) is 0 Å². The topological polar surface area (TPSA) is 219 Å². The SMILES string of the molecule is Cc1cn([C@H]2C[C@H](O)[C@@H](COP(=O)(O)OP(=O)(O)OC3C[C@@H](N(C)C)[C@@H](O)[C@H](C)O3)O2)c(=O)[nH]c1=O. The number of hydrogen-bond acceptors (Lipinski definition) is 12. The average Bonchev–Trinajstić information content (AvgIpc) is 3.10. The zero-order valence-corrected chi connectivity index (χ0v) is 21.8. The number of phosphoric acid groups is 2. The van der Waals surface area contributed by atoms with Gasteiger partial charge in [0.05, 0.1) is 24.9 Å². The van der Waals surface area contributed by atoms with Crippen LogP contribution in [0.25, 0.3) is 0 Å². The Kier molecular flexibility index (Phi) is 9.14. The second-order valence-corrected chi connectivity index (χ2v) is 11.9. The quantitative estimate of drug-likeness (QED) is 0.233. The van der Waals surface area contributed by atoms with Gasteiger partial charge in [-0.1, -0.05) is 0 Å². The summed E-state index contributed by atoms with van der Waals surface area (Å²) in [5, 5.41) is 20.4. The van der Waals surface area contributed by atoms with Crippen molar-refractivity contribution < 1.29 is 52.0 Å². The minimum absolute atomic E-state index is 0.0317. The first-order valence-electron chi connectivity index (χ1n) is 10.9. The maximum atomic E-state index is 12.4. The van der Waals surface area contributed by atoms with Gasteiger partial charge in [0.15, 0.2) is 6.29 Å². The van der Waals surface area contributed by atoms with Gasteiger partial charge < -0.3 is 34.4 Å².